The Hall–Kier alpha value is -1.37. The fourth-order valence-electron chi connectivity index (χ4n) is 2.61. The van der Waals surface area contributed by atoms with Gasteiger partial charge in [0.1, 0.15) is 0 Å². The zero-order valence-corrected chi connectivity index (χ0v) is 15.4. The average molecular weight is 361 g/mol. The molecule has 3 N–H and O–H groups in total. The minimum absolute atomic E-state index is 0. The molecule has 24 heavy (non-hydrogen) atoms. The predicted molar refractivity (Wildman–Crippen MR) is 95.9 cm³/mol. The van der Waals surface area contributed by atoms with E-state index >= 15 is 0 Å². The van der Waals surface area contributed by atoms with Crippen LogP contribution in [0.2, 0.25) is 0 Å². The maximum absolute atomic E-state index is 12.0. The van der Waals surface area contributed by atoms with Crippen LogP contribution in [0.1, 0.15) is 40.0 Å². The Morgan fingerprint density at radius 3 is 2.54 bits per heavy atom. The third-order valence-electron chi connectivity index (χ3n) is 3.93. The van der Waals surface area contributed by atoms with Crippen LogP contribution >= 0.6 is 12.4 Å². The van der Waals surface area contributed by atoms with E-state index in [0.29, 0.717) is 18.6 Å². The normalized spacial score (nSPS) is 23.0. The van der Waals surface area contributed by atoms with Crippen LogP contribution in [0.5, 0.6) is 0 Å². The second-order valence-corrected chi connectivity index (χ2v) is 5.56. The van der Waals surface area contributed by atoms with Gasteiger partial charge in [0.25, 0.3) is 0 Å². The highest BCUT2D eigenvalue weighted by atomic mass is 35.5. The summed E-state index contributed by atoms with van der Waals surface area (Å²) in [6.07, 6.45) is 4.52. The second kappa shape index (κ2) is 11.2. The van der Waals surface area contributed by atoms with Gasteiger partial charge in [-0.3, -0.25) is 4.79 Å². The van der Waals surface area contributed by atoms with Crippen molar-refractivity contribution >= 4 is 24.3 Å². The van der Waals surface area contributed by atoms with Gasteiger partial charge in [-0.05, 0) is 38.3 Å². The van der Waals surface area contributed by atoms with Crippen LogP contribution in [0.3, 0.4) is 0 Å². The van der Waals surface area contributed by atoms with Crippen LogP contribution in [0, 0.1) is 0 Å². The van der Waals surface area contributed by atoms with Crippen LogP contribution in [-0.4, -0.2) is 42.8 Å². The Labute approximate surface area is 150 Å². The van der Waals surface area contributed by atoms with Crippen molar-refractivity contribution in [3.05, 3.63) is 24.3 Å². The fourth-order valence-corrected chi connectivity index (χ4v) is 2.61. The van der Waals surface area contributed by atoms with Crippen molar-refractivity contribution in [1.29, 1.82) is 0 Å². The van der Waals surface area contributed by atoms with Gasteiger partial charge >= 0.3 is 5.97 Å². The number of hydrogen-bond acceptors (Lipinski definition) is 5. The molecule has 0 saturated carbocycles. The molecule has 0 aromatic rings. The van der Waals surface area contributed by atoms with E-state index in [9.17, 15) is 9.59 Å². The molecule has 138 valence electrons. The van der Waals surface area contributed by atoms with E-state index in [1.807, 2.05) is 13.8 Å². The molecule has 0 unspecified atom stereocenters. The molecule has 0 aliphatic heterocycles. The number of esters is 1. The molecule has 0 fully saturated rings. The lowest BCUT2D eigenvalue weighted by Gasteiger charge is -2.36. The van der Waals surface area contributed by atoms with Crippen LogP contribution in [0.4, 0.5) is 0 Å². The number of rotatable bonds is 8. The summed E-state index contributed by atoms with van der Waals surface area (Å²) in [5.41, 5.74) is 6.68. The smallest absolute Gasteiger partial charge is 0.333 e. The van der Waals surface area contributed by atoms with Crippen molar-refractivity contribution in [2.75, 3.05) is 6.61 Å². The van der Waals surface area contributed by atoms with Crippen molar-refractivity contribution in [1.82, 2.24) is 5.32 Å². The lowest BCUT2D eigenvalue weighted by molar-refractivity contribution is -0.139. The van der Waals surface area contributed by atoms with Crippen molar-refractivity contribution < 1.29 is 19.1 Å². The molecule has 0 aromatic heterocycles. The molecule has 1 rings (SSSR count). The molecule has 1 aliphatic rings. The second-order valence-electron chi connectivity index (χ2n) is 5.56. The molecule has 0 heterocycles. The minimum atomic E-state index is -0.466. The number of halogens is 1. The monoisotopic (exact) mass is 360 g/mol. The summed E-state index contributed by atoms with van der Waals surface area (Å²) in [6.45, 7) is 9.58. The van der Waals surface area contributed by atoms with Crippen LogP contribution in [-0.2, 0) is 19.1 Å². The first-order chi connectivity index (χ1) is 11.0. The van der Waals surface area contributed by atoms with Gasteiger partial charge in [-0.1, -0.05) is 20.4 Å². The molecular formula is C17H29ClN2O4. The third kappa shape index (κ3) is 6.26. The quantitative estimate of drug-likeness (QED) is 0.509. The maximum Gasteiger partial charge on any atom is 0.333 e. The highest BCUT2D eigenvalue weighted by molar-refractivity contribution is 5.89. The lowest BCUT2D eigenvalue weighted by Crippen LogP contribution is -2.57. The van der Waals surface area contributed by atoms with Crippen molar-refractivity contribution in [3.8, 4) is 0 Å². The number of amides is 1. The topological polar surface area (TPSA) is 90.7 Å². The number of ether oxygens (including phenoxy) is 2. The van der Waals surface area contributed by atoms with Gasteiger partial charge in [-0.25, -0.2) is 4.79 Å². The number of nitrogens with one attached hydrogen (secondary N) is 1. The number of nitrogens with two attached hydrogens (primary N) is 1. The molecule has 0 radical (unpaired) electrons. The number of carbonyl (C=O) groups is 2. The highest BCUT2D eigenvalue weighted by Gasteiger charge is 2.36. The van der Waals surface area contributed by atoms with Gasteiger partial charge in [0, 0.05) is 11.6 Å². The van der Waals surface area contributed by atoms with E-state index in [1.165, 1.54) is 6.08 Å². The maximum atomic E-state index is 12.0. The van der Waals surface area contributed by atoms with Crippen molar-refractivity contribution in [2.24, 2.45) is 5.73 Å². The first kappa shape index (κ1) is 22.6. The van der Waals surface area contributed by atoms with E-state index < -0.39 is 18.2 Å². The largest absolute Gasteiger partial charge is 0.463 e. The summed E-state index contributed by atoms with van der Waals surface area (Å²) >= 11 is 0. The molecule has 7 heteroatoms. The molecule has 3 atom stereocenters. The Morgan fingerprint density at radius 2 is 2.04 bits per heavy atom. The highest BCUT2D eigenvalue weighted by Crippen LogP contribution is 2.24. The summed E-state index contributed by atoms with van der Waals surface area (Å²) in [7, 11) is 0. The van der Waals surface area contributed by atoms with Gasteiger partial charge in [0.15, 0.2) is 0 Å². The van der Waals surface area contributed by atoms with E-state index in [2.05, 4.69) is 11.9 Å². The molecule has 0 saturated heterocycles. The first-order valence-corrected chi connectivity index (χ1v) is 8.18. The number of hydrogen-bond donors (Lipinski definition) is 2. The van der Waals surface area contributed by atoms with E-state index in [4.69, 9.17) is 15.2 Å². The minimum Gasteiger partial charge on any atom is -0.463 e. The summed E-state index contributed by atoms with van der Waals surface area (Å²) in [4.78, 5) is 23.7. The molecular weight excluding hydrogens is 332 g/mol. The summed E-state index contributed by atoms with van der Waals surface area (Å²) in [6, 6.07) is -0.832. The average Bonchev–Trinajstić information content (AvgIpc) is 2.54. The Kier molecular flexibility index (Phi) is 10.6. The molecule has 0 bridgehead atoms. The number of carbonyl (C=O) groups excluding carboxylic acids is 2. The zero-order chi connectivity index (χ0) is 17.4. The van der Waals surface area contributed by atoms with E-state index in [1.54, 1.807) is 13.0 Å². The van der Waals surface area contributed by atoms with Crippen LogP contribution in [0.15, 0.2) is 24.3 Å². The molecule has 6 nitrogen and oxygen atoms in total. The van der Waals surface area contributed by atoms with Gasteiger partial charge in [-0.15, -0.1) is 12.4 Å². The van der Waals surface area contributed by atoms with Gasteiger partial charge in [-0.2, -0.15) is 0 Å². The molecule has 1 aliphatic carbocycles. The molecule has 1 amide bonds. The molecule has 0 spiro atoms. The Balaban J connectivity index is 0.00000529. The van der Waals surface area contributed by atoms with E-state index in [-0.39, 0.29) is 30.4 Å². The summed E-state index contributed by atoms with van der Waals surface area (Å²) < 4.78 is 11.1. The summed E-state index contributed by atoms with van der Waals surface area (Å²) in [5.74, 6) is -0.689. The van der Waals surface area contributed by atoms with Gasteiger partial charge < -0.3 is 20.5 Å². The van der Waals surface area contributed by atoms with Crippen LogP contribution in [0.25, 0.3) is 0 Å². The summed E-state index contributed by atoms with van der Waals surface area (Å²) in [5, 5.41) is 2.81. The molecule has 0 aromatic carbocycles. The third-order valence-corrected chi connectivity index (χ3v) is 3.93. The van der Waals surface area contributed by atoms with Crippen molar-refractivity contribution in [2.45, 2.75) is 64.3 Å². The lowest BCUT2D eigenvalue weighted by atomic mass is 9.88. The SMILES string of the molecule is C=CC(=O)N[C@@H]1[C@@H](N)CC(C(=O)OCC)=C[C@H]1OC(CC)CC.Cl. The van der Waals surface area contributed by atoms with Gasteiger partial charge in [0.05, 0.1) is 24.9 Å². The predicted octanol–water partition coefficient (Wildman–Crippen LogP) is 1.87. The Morgan fingerprint density at radius 1 is 1.42 bits per heavy atom. The fraction of sp³-hybridized carbons (Fsp3) is 0.647. The standard InChI is InChI=1S/C17H28N2O4.ClH/c1-5-12(6-2)23-14-10-11(17(21)22-8-4)9-13(18)16(14)19-15(20)7-3;/h7,10,12-14,16H,3,5-6,8-9,18H2,1-2,4H3,(H,19,20);1H/t13-,14+,16+;/m0./s1. The van der Waals surface area contributed by atoms with Crippen LogP contribution < -0.4 is 11.1 Å². The van der Waals surface area contributed by atoms with E-state index in [0.717, 1.165) is 12.8 Å². The zero-order valence-electron chi connectivity index (χ0n) is 14.6. The van der Waals surface area contributed by atoms with Gasteiger partial charge in [0.2, 0.25) is 5.91 Å². The Bertz CT molecular complexity index is 464. The van der Waals surface area contributed by atoms with Crippen molar-refractivity contribution in [3.63, 3.8) is 0 Å². The first-order valence-electron chi connectivity index (χ1n) is 8.18.